The lowest BCUT2D eigenvalue weighted by Crippen LogP contribution is -2.15. The molecule has 0 radical (unpaired) electrons. The Morgan fingerprint density at radius 2 is 0.595 bits per heavy atom. The molecule has 14 heteroatoms. The van der Waals surface area contributed by atoms with Gasteiger partial charge < -0.3 is 56.8 Å². The normalized spacial score (nSPS) is 11.4. The Hall–Kier alpha value is -1.04. The number of carbonyl (C=O) groups is 1. The minimum absolute atomic E-state index is 0.111. The summed E-state index contributed by atoms with van der Waals surface area (Å²) in [5.41, 5.74) is 0. The minimum Gasteiger partial charge on any atom is -0.463 e. The zero-order valence-electron chi connectivity index (χ0n) is 25.6. The smallest absolute Gasteiger partial charge is 0.305 e. The predicted molar refractivity (Wildman–Crippen MR) is 151 cm³/mol. The molecule has 0 atom stereocenters. The number of hydrogen-bond donors (Lipinski definition) is 0. The molecule has 42 heavy (non-hydrogen) atoms. The van der Waals surface area contributed by atoms with E-state index in [1.165, 1.54) is 0 Å². The highest BCUT2D eigenvalue weighted by Crippen LogP contribution is 1.91. The number of carbonyl (C=O) groups excluding carboxylic acids is 1. The molecule has 0 aliphatic carbocycles. The highest BCUT2D eigenvalue weighted by molar-refractivity contribution is 5.69. The zero-order chi connectivity index (χ0) is 30.4. The fraction of sp³-hybridized carbons (Fsp3) is 0.964. The first-order valence-electron chi connectivity index (χ1n) is 14.9. The van der Waals surface area contributed by atoms with Gasteiger partial charge in [-0.25, -0.2) is 4.39 Å². The van der Waals surface area contributed by atoms with Gasteiger partial charge >= 0.3 is 5.97 Å². The standard InChI is InChI=1S/C28H55FO13/c1-2-3-28(30)42-27-26-41-25-24-40-23-22-39-21-20-38-19-18-37-17-16-36-15-14-35-13-12-34-11-10-33-9-8-32-7-6-31-5-4-29/h2-27H2,1H3. The van der Waals surface area contributed by atoms with Crippen LogP contribution in [-0.2, 0) is 61.6 Å². The van der Waals surface area contributed by atoms with Crippen molar-refractivity contribution in [2.24, 2.45) is 0 Å². The molecule has 0 rings (SSSR count). The molecular weight excluding hydrogens is 563 g/mol. The van der Waals surface area contributed by atoms with Crippen LogP contribution in [0.2, 0.25) is 0 Å². The van der Waals surface area contributed by atoms with Crippen molar-refractivity contribution in [1.82, 2.24) is 0 Å². The van der Waals surface area contributed by atoms with Gasteiger partial charge in [0, 0.05) is 6.42 Å². The quantitative estimate of drug-likeness (QED) is 0.0737. The van der Waals surface area contributed by atoms with Crippen LogP contribution in [0.1, 0.15) is 19.8 Å². The van der Waals surface area contributed by atoms with Gasteiger partial charge in [0.05, 0.1) is 145 Å². The molecule has 0 N–H and O–H groups in total. The summed E-state index contributed by atoms with van der Waals surface area (Å²) in [5.74, 6) is -0.191. The van der Waals surface area contributed by atoms with Crippen LogP contribution in [0.15, 0.2) is 0 Å². The first-order valence-corrected chi connectivity index (χ1v) is 14.9. The van der Waals surface area contributed by atoms with Crippen LogP contribution < -0.4 is 0 Å². The molecule has 0 aromatic heterocycles. The maximum Gasteiger partial charge on any atom is 0.305 e. The van der Waals surface area contributed by atoms with Crippen molar-refractivity contribution in [3.8, 4) is 0 Å². The van der Waals surface area contributed by atoms with Gasteiger partial charge in [0.2, 0.25) is 0 Å². The van der Waals surface area contributed by atoms with Crippen molar-refractivity contribution in [2.45, 2.75) is 19.8 Å². The van der Waals surface area contributed by atoms with Crippen molar-refractivity contribution < 1.29 is 66.0 Å². The van der Waals surface area contributed by atoms with Gasteiger partial charge in [-0.15, -0.1) is 0 Å². The summed E-state index contributed by atoms with van der Waals surface area (Å²) in [6.45, 7) is 11.7. The van der Waals surface area contributed by atoms with Crippen molar-refractivity contribution in [3.05, 3.63) is 0 Å². The highest BCUT2D eigenvalue weighted by Gasteiger charge is 2.00. The average molecular weight is 619 g/mol. The van der Waals surface area contributed by atoms with E-state index in [0.29, 0.717) is 145 Å². The molecule has 13 nitrogen and oxygen atoms in total. The molecule has 0 fully saturated rings. The lowest BCUT2D eigenvalue weighted by atomic mass is 10.3. The summed E-state index contributed by atoms with van der Waals surface area (Å²) in [6, 6.07) is 0. The van der Waals surface area contributed by atoms with Gasteiger partial charge in [0.1, 0.15) is 13.3 Å². The van der Waals surface area contributed by atoms with E-state index in [1.807, 2.05) is 6.92 Å². The molecule has 0 unspecified atom stereocenters. The van der Waals surface area contributed by atoms with Crippen LogP contribution >= 0.6 is 0 Å². The minimum atomic E-state index is -0.477. The van der Waals surface area contributed by atoms with Gasteiger partial charge in [0.25, 0.3) is 0 Å². The lowest BCUT2D eigenvalue weighted by molar-refractivity contribution is -0.145. The third-order valence-electron chi connectivity index (χ3n) is 4.89. The van der Waals surface area contributed by atoms with E-state index in [0.717, 1.165) is 6.42 Å². The molecule has 0 aliphatic rings. The van der Waals surface area contributed by atoms with Crippen molar-refractivity contribution in [3.63, 3.8) is 0 Å². The maximum absolute atomic E-state index is 11.8. The van der Waals surface area contributed by atoms with Gasteiger partial charge in [-0.1, -0.05) is 6.92 Å². The van der Waals surface area contributed by atoms with Crippen LogP contribution in [-0.4, -0.2) is 165 Å². The summed E-state index contributed by atoms with van der Waals surface area (Å²) >= 11 is 0. The Labute approximate surface area is 250 Å². The molecule has 0 spiro atoms. The molecule has 0 bridgehead atoms. The van der Waals surface area contributed by atoms with Crippen LogP contribution in [0.4, 0.5) is 4.39 Å². The number of rotatable bonds is 37. The first-order chi connectivity index (χ1) is 20.8. The van der Waals surface area contributed by atoms with Crippen LogP contribution in [0, 0.1) is 0 Å². The second kappa shape index (κ2) is 38.0. The van der Waals surface area contributed by atoms with E-state index in [2.05, 4.69) is 0 Å². The predicted octanol–water partition coefficient (Wildman–Crippen LogP) is 1.48. The number of halogens is 1. The van der Waals surface area contributed by atoms with Gasteiger partial charge in [-0.3, -0.25) is 4.79 Å². The average Bonchev–Trinajstić information content (AvgIpc) is 2.99. The van der Waals surface area contributed by atoms with Gasteiger partial charge in [-0.2, -0.15) is 0 Å². The third-order valence-corrected chi connectivity index (χ3v) is 4.89. The first kappa shape index (κ1) is 41.0. The van der Waals surface area contributed by atoms with E-state index in [4.69, 9.17) is 56.8 Å². The van der Waals surface area contributed by atoms with E-state index < -0.39 is 6.67 Å². The van der Waals surface area contributed by atoms with Crippen molar-refractivity contribution in [1.29, 1.82) is 0 Å². The lowest BCUT2D eigenvalue weighted by Gasteiger charge is -2.09. The maximum atomic E-state index is 11.8. The number of ether oxygens (including phenoxy) is 12. The Morgan fingerprint density at radius 1 is 0.381 bits per heavy atom. The molecule has 252 valence electrons. The van der Waals surface area contributed by atoms with E-state index in [9.17, 15) is 9.18 Å². The molecule has 0 saturated carbocycles. The summed E-state index contributed by atoms with van der Waals surface area (Å²) in [5, 5.41) is 0. The summed E-state index contributed by atoms with van der Waals surface area (Å²) in [6.07, 6.45) is 1.22. The third kappa shape index (κ3) is 37.0. The Bertz CT molecular complexity index is 520. The number of alkyl halides is 1. The molecule has 0 aromatic rings. The molecular formula is C28H55FO13. The molecule has 0 heterocycles. The molecule has 0 aromatic carbocycles. The van der Waals surface area contributed by atoms with Gasteiger partial charge in [-0.05, 0) is 6.42 Å². The molecule has 0 saturated heterocycles. The second-order valence-corrected chi connectivity index (χ2v) is 8.40. The fourth-order valence-corrected chi connectivity index (χ4v) is 2.85. The van der Waals surface area contributed by atoms with Crippen LogP contribution in [0.25, 0.3) is 0 Å². The fourth-order valence-electron chi connectivity index (χ4n) is 2.85. The van der Waals surface area contributed by atoms with E-state index >= 15 is 0 Å². The van der Waals surface area contributed by atoms with Crippen molar-refractivity contribution in [2.75, 3.05) is 159 Å². The van der Waals surface area contributed by atoms with Gasteiger partial charge in [0.15, 0.2) is 0 Å². The zero-order valence-corrected chi connectivity index (χ0v) is 25.6. The Kier molecular flexibility index (Phi) is 37.0. The summed E-state index contributed by atoms with van der Waals surface area (Å²) < 4.78 is 75.7. The monoisotopic (exact) mass is 618 g/mol. The highest BCUT2D eigenvalue weighted by atomic mass is 19.1. The molecule has 0 aliphatic heterocycles. The summed E-state index contributed by atoms with van der Waals surface area (Å²) in [4.78, 5) is 11.2. The SMILES string of the molecule is CCCC(=O)OCCOCCOCCOCCOCCOCCOCCOCCOCCOCCOCCOCCF. The van der Waals surface area contributed by atoms with Crippen molar-refractivity contribution >= 4 is 5.97 Å². The van der Waals surface area contributed by atoms with Crippen LogP contribution in [0.3, 0.4) is 0 Å². The largest absolute Gasteiger partial charge is 0.463 e. The summed E-state index contributed by atoms with van der Waals surface area (Å²) in [7, 11) is 0. The van der Waals surface area contributed by atoms with E-state index in [-0.39, 0.29) is 19.2 Å². The Morgan fingerprint density at radius 3 is 0.810 bits per heavy atom. The topological polar surface area (TPSA) is 128 Å². The Balaban J connectivity index is 3.05. The second-order valence-electron chi connectivity index (χ2n) is 8.40. The van der Waals surface area contributed by atoms with E-state index in [1.54, 1.807) is 0 Å². The number of hydrogen-bond acceptors (Lipinski definition) is 13. The van der Waals surface area contributed by atoms with Crippen LogP contribution in [0.5, 0.6) is 0 Å². The molecule has 0 amide bonds. The number of esters is 1.